The molecule has 1 saturated heterocycles. The van der Waals surface area contributed by atoms with Gasteiger partial charge in [-0.25, -0.2) is 12.7 Å². The van der Waals surface area contributed by atoms with Gasteiger partial charge in [0, 0.05) is 25.4 Å². The molecule has 4 nitrogen and oxygen atoms in total. The summed E-state index contributed by atoms with van der Waals surface area (Å²) >= 11 is 0. The Balaban J connectivity index is 1.35. The van der Waals surface area contributed by atoms with Gasteiger partial charge in [-0.05, 0) is 61.7 Å². The van der Waals surface area contributed by atoms with Crippen molar-refractivity contribution in [2.45, 2.75) is 38.5 Å². The Morgan fingerprint density at radius 3 is 2.43 bits per heavy atom. The Hall–Kier alpha value is -0.420. The molecule has 1 aliphatic heterocycles. The molecule has 0 amide bonds. The fourth-order valence-corrected chi connectivity index (χ4v) is 6.61. The predicted octanol–water partition coefficient (Wildman–Crippen LogP) is 1.91. The van der Waals surface area contributed by atoms with Crippen molar-refractivity contribution in [3.63, 3.8) is 0 Å². The summed E-state index contributed by atoms with van der Waals surface area (Å²) in [4.78, 5) is 12.6. The minimum Gasteiger partial charge on any atom is -0.299 e. The molecule has 0 aromatic carbocycles. The quantitative estimate of drug-likeness (QED) is 0.797. The average molecular weight is 311 g/mol. The lowest BCUT2D eigenvalue weighted by Gasteiger charge is -2.30. The lowest BCUT2D eigenvalue weighted by atomic mass is 9.90. The van der Waals surface area contributed by atoms with Crippen LogP contribution in [-0.4, -0.2) is 37.9 Å². The van der Waals surface area contributed by atoms with E-state index in [0.29, 0.717) is 43.0 Å². The van der Waals surface area contributed by atoms with Gasteiger partial charge in [0.2, 0.25) is 10.0 Å². The van der Waals surface area contributed by atoms with Crippen molar-refractivity contribution < 1.29 is 13.2 Å². The first-order valence-corrected chi connectivity index (χ1v) is 10.3. The maximum absolute atomic E-state index is 12.6. The molecular formula is C16H25NO3S. The zero-order valence-corrected chi connectivity index (χ0v) is 13.5. The van der Waals surface area contributed by atoms with E-state index in [1.165, 1.54) is 25.5 Å². The summed E-state index contributed by atoms with van der Waals surface area (Å²) in [6, 6.07) is 0. The van der Waals surface area contributed by atoms with Crippen molar-refractivity contribution in [3.05, 3.63) is 0 Å². The predicted molar refractivity (Wildman–Crippen MR) is 80.1 cm³/mol. The van der Waals surface area contributed by atoms with Gasteiger partial charge in [0.25, 0.3) is 0 Å². The average Bonchev–Trinajstić information content (AvgIpc) is 2.87. The van der Waals surface area contributed by atoms with Gasteiger partial charge in [-0.3, -0.25) is 4.79 Å². The minimum absolute atomic E-state index is 0.250. The first-order chi connectivity index (χ1) is 9.95. The number of Topliss-reactive ketones (excluding diaryl/α,β-unsaturated/α-hetero) is 1. The van der Waals surface area contributed by atoms with Crippen LogP contribution in [-0.2, 0) is 14.8 Å². The van der Waals surface area contributed by atoms with Gasteiger partial charge in [0.1, 0.15) is 5.78 Å². The largest absolute Gasteiger partial charge is 0.299 e. The molecule has 0 N–H and O–H groups in total. The van der Waals surface area contributed by atoms with Crippen molar-refractivity contribution in [2.24, 2.45) is 35.5 Å². The topological polar surface area (TPSA) is 54.5 Å². The van der Waals surface area contributed by atoms with Crippen molar-refractivity contribution in [3.8, 4) is 0 Å². The fourth-order valence-electron chi connectivity index (χ4n) is 5.67. The molecule has 0 radical (unpaired) electrons. The molecule has 5 heteroatoms. The minimum atomic E-state index is -3.10. The van der Waals surface area contributed by atoms with Crippen molar-refractivity contribution in [2.75, 3.05) is 19.3 Å². The second kappa shape index (κ2) is 4.79. The second-order valence-electron chi connectivity index (χ2n) is 7.81. The van der Waals surface area contributed by atoms with Crippen LogP contribution in [0.3, 0.4) is 0 Å². The molecule has 1 heterocycles. The summed E-state index contributed by atoms with van der Waals surface area (Å²) in [5, 5.41) is 0. The third-order valence-electron chi connectivity index (χ3n) is 6.55. The van der Waals surface area contributed by atoms with Gasteiger partial charge >= 0.3 is 0 Å². The van der Waals surface area contributed by atoms with E-state index >= 15 is 0 Å². The summed E-state index contributed by atoms with van der Waals surface area (Å²) in [6.45, 7) is 1.18. The number of hydrogen-bond acceptors (Lipinski definition) is 3. The van der Waals surface area contributed by atoms with Crippen molar-refractivity contribution in [1.29, 1.82) is 0 Å². The number of sulfonamides is 1. The molecule has 3 saturated carbocycles. The van der Waals surface area contributed by atoms with Crippen LogP contribution >= 0.6 is 0 Å². The van der Waals surface area contributed by atoms with E-state index in [0.717, 1.165) is 24.7 Å². The molecule has 118 valence electrons. The molecule has 4 rings (SSSR count). The van der Waals surface area contributed by atoms with E-state index in [4.69, 9.17) is 0 Å². The number of piperidine rings is 1. The Morgan fingerprint density at radius 2 is 1.81 bits per heavy atom. The number of rotatable bonds is 4. The summed E-state index contributed by atoms with van der Waals surface area (Å²) in [6.07, 6.45) is 7.87. The van der Waals surface area contributed by atoms with Gasteiger partial charge in [-0.15, -0.1) is 0 Å². The summed E-state index contributed by atoms with van der Waals surface area (Å²) in [5.74, 6) is 4.16. The standard InChI is InChI=1S/C16H25NO3S/c1-21(19,20)17-6-2-3-10(9-17)7-13(18)16-14-11-4-5-12(8-11)15(14)16/h10-12,14-16H,2-9H2,1H3. The van der Waals surface area contributed by atoms with E-state index in [1.807, 2.05) is 0 Å². The van der Waals surface area contributed by atoms with E-state index in [-0.39, 0.29) is 5.92 Å². The Labute approximate surface area is 127 Å². The molecule has 3 aliphatic carbocycles. The second-order valence-corrected chi connectivity index (χ2v) is 9.80. The molecular weight excluding hydrogens is 286 g/mol. The van der Waals surface area contributed by atoms with E-state index < -0.39 is 10.0 Å². The van der Waals surface area contributed by atoms with Crippen LogP contribution in [0.4, 0.5) is 0 Å². The number of ketones is 1. The van der Waals surface area contributed by atoms with Gasteiger partial charge in [0.15, 0.2) is 0 Å². The zero-order chi connectivity index (χ0) is 14.8. The highest BCUT2D eigenvalue weighted by atomic mass is 32.2. The Kier molecular flexibility index (Phi) is 3.23. The van der Waals surface area contributed by atoms with E-state index in [2.05, 4.69) is 0 Å². The van der Waals surface area contributed by atoms with Crippen molar-refractivity contribution in [1.82, 2.24) is 4.31 Å². The molecule has 5 unspecified atom stereocenters. The lowest BCUT2D eigenvalue weighted by Crippen LogP contribution is -2.40. The fraction of sp³-hybridized carbons (Fsp3) is 0.938. The molecule has 0 aromatic heterocycles. The summed E-state index contributed by atoms with van der Waals surface area (Å²) in [5.41, 5.74) is 0. The first kappa shape index (κ1) is 14.2. The third-order valence-corrected chi connectivity index (χ3v) is 7.82. The van der Waals surface area contributed by atoms with Crippen LogP contribution < -0.4 is 0 Å². The molecule has 5 atom stereocenters. The van der Waals surface area contributed by atoms with Crippen LogP contribution in [0.1, 0.15) is 38.5 Å². The van der Waals surface area contributed by atoms with Crippen LogP contribution in [0.5, 0.6) is 0 Å². The number of carbonyl (C=O) groups is 1. The number of hydrogen-bond donors (Lipinski definition) is 0. The van der Waals surface area contributed by atoms with Crippen LogP contribution in [0.2, 0.25) is 0 Å². The Bertz CT molecular complexity index is 542. The highest BCUT2D eigenvalue weighted by Crippen LogP contribution is 2.69. The Morgan fingerprint density at radius 1 is 1.14 bits per heavy atom. The number of fused-ring (bicyclic) bond motifs is 5. The molecule has 0 aromatic rings. The maximum Gasteiger partial charge on any atom is 0.211 e. The summed E-state index contributed by atoms with van der Waals surface area (Å²) < 4.78 is 24.9. The first-order valence-electron chi connectivity index (χ1n) is 8.43. The number of nitrogens with zero attached hydrogens (tertiary/aromatic N) is 1. The monoisotopic (exact) mass is 311 g/mol. The van der Waals surface area contributed by atoms with Gasteiger partial charge in [-0.1, -0.05) is 0 Å². The summed E-state index contributed by atoms with van der Waals surface area (Å²) in [7, 11) is -3.10. The highest BCUT2D eigenvalue weighted by molar-refractivity contribution is 7.88. The lowest BCUT2D eigenvalue weighted by molar-refractivity contribution is -0.122. The smallest absolute Gasteiger partial charge is 0.211 e. The van der Waals surface area contributed by atoms with Crippen LogP contribution in [0.15, 0.2) is 0 Å². The third kappa shape index (κ3) is 2.37. The van der Waals surface area contributed by atoms with E-state index in [9.17, 15) is 13.2 Å². The van der Waals surface area contributed by atoms with Gasteiger partial charge < -0.3 is 0 Å². The molecule has 0 spiro atoms. The van der Waals surface area contributed by atoms with Crippen LogP contribution in [0.25, 0.3) is 0 Å². The zero-order valence-electron chi connectivity index (χ0n) is 12.7. The highest BCUT2D eigenvalue weighted by Gasteiger charge is 2.66. The van der Waals surface area contributed by atoms with Crippen LogP contribution in [0, 0.1) is 35.5 Å². The SMILES string of the molecule is CS(=O)(=O)N1CCCC(CC(=O)C2C3C4CCC(C4)C23)C1. The van der Waals surface area contributed by atoms with Gasteiger partial charge in [0.05, 0.1) is 6.26 Å². The molecule has 2 bridgehead atoms. The molecule has 4 aliphatic rings. The van der Waals surface area contributed by atoms with Crippen molar-refractivity contribution >= 4 is 15.8 Å². The van der Waals surface area contributed by atoms with E-state index in [1.54, 1.807) is 4.31 Å². The molecule has 21 heavy (non-hydrogen) atoms. The maximum atomic E-state index is 12.6. The molecule has 4 fully saturated rings. The van der Waals surface area contributed by atoms with Gasteiger partial charge in [-0.2, -0.15) is 0 Å². The number of carbonyl (C=O) groups excluding carboxylic acids is 1. The normalized spacial score (nSPS) is 45.6.